The summed E-state index contributed by atoms with van der Waals surface area (Å²) in [5, 5.41) is 14.6. The van der Waals surface area contributed by atoms with Crippen molar-refractivity contribution in [2.75, 3.05) is 38.1 Å². The zero-order chi connectivity index (χ0) is 32.8. The molecule has 46 heavy (non-hydrogen) atoms. The Morgan fingerprint density at radius 2 is 1.74 bits per heavy atom. The fraction of sp³-hybridized carbons (Fsp3) is 0.412. The molecule has 1 amide bonds. The molecule has 1 saturated heterocycles. The molecule has 1 fully saturated rings. The fourth-order valence-corrected chi connectivity index (χ4v) is 7.02. The summed E-state index contributed by atoms with van der Waals surface area (Å²) in [7, 11) is -4.05. The van der Waals surface area contributed by atoms with Crippen molar-refractivity contribution in [1.29, 1.82) is 0 Å². The maximum atomic E-state index is 13.9. The molecular formula is C34H41N3O8S. The number of sulfonamides is 1. The monoisotopic (exact) mass is 651 g/mol. The Hall–Kier alpha value is -3.97. The van der Waals surface area contributed by atoms with E-state index in [9.17, 15) is 23.1 Å². The van der Waals surface area contributed by atoms with Gasteiger partial charge in [0.25, 0.3) is 5.91 Å². The number of nitrogens with one attached hydrogen (secondary N) is 1. The molecule has 0 radical (unpaired) electrons. The van der Waals surface area contributed by atoms with E-state index < -0.39 is 34.2 Å². The van der Waals surface area contributed by atoms with Gasteiger partial charge in [0.05, 0.1) is 23.6 Å². The second-order valence-corrected chi connectivity index (χ2v) is 13.8. The van der Waals surface area contributed by atoms with Gasteiger partial charge < -0.3 is 29.5 Å². The molecule has 0 unspecified atom stereocenters. The number of carbonyl (C=O) groups excluding carboxylic acids is 2. The van der Waals surface area contributed by atoms with Crippen LogP contribution >= 0.6 is 0 Å². The zero-order valence-corrected chi connectivity index (χ0v) is 27.1. The number of hydrogen-bond acceptors (Lipinski definition) is 9. The van der Waals surface area contributed by atoms with E-state index in [4.69, 9.17) is 14.2 Å². The maximum absolute atomic E-state index is 13.9. The van der Waals surface area contributed by atoms with Crippen LogP contribution in [0.25, 0.3) is 0 Å². The number of rotatable bonds is 14. The van der Waals surface area contributed by atoms with Crippen molar-refractivity contribution in [2.24, 2.45) is 5.92 Å². The molecule has 5 rings (SSSR count). The van der Waals surface area contributed by atoms with Gasteiger partial charge in [-0.05, 0) is 61.2 Å². The average Bonchev–Trinajstić information content (AvgIpc) is 3.75. The number of ketones is 1. The van der Waals surface area contributed by atoms with E-state index >= 15 is 0 Å². The molecule has 0 spiro atoms. The van der Waals surface area contributed by atoms with Crippen LogP contribution in [0, 0.1) is 5.92 Å². The number of aliphatic hydroxyl groups excluding tert-OH is 1. The summed E-state index contributed by atoms with van der Waals surface area (Å²) < 4.78 is 45.8. The number of ether oxygens (including phenoxy) is 3. The van der Waals surface area contributed by atoms with E-state index in [1.807, 2.05) is 61.2 Å². The Morgan fingerprint density at radius 1 is 1.02 bits per heavy atom. The molecule has 0 bridgehead atoms. The van der Waals surface area contributed by atoms with E-state index in [0.29, 0.717) is 17.1 Å². The van der Waals surface area contributed by atoms with Gasteiger partial charge in [-0.25, -0.2) is 8.42 Å². The highest BCUT2D eigenvalue weighted by atomic mass is 32.2. The molecule has 246 valence electrons. The van der Waals surface area contributed by atoms with Gasteiger partial charge in [0, 0.05) is 30.4 Å². The lowest BCUT2D eigenvalue weighted by Gasteiger charge is -2.31. The minimum absolute atomic E-state index is 0.0144. The normalized spacial score (nSPS) is 17.9. The standard InChI is InChI=1S/C34H41N3O8S/c1-4-23(2)18-37(46(41,42)28-14-15-31-32(17-28)45-22-44-31)19-30(39)29(16-25-8-6-5-7-9-25)35-34(40)33-20-36(21-43-33)27-12-10-26(11-13-27)24(3)38/h5-15,17,23,29-30,33,39H,4,16,18-22H2,1-3H3,(H,35,40)/t23-,29-,30+,33-/m0/s1. The molecule has 0 aromatic heterocycles. The lowest BCUT2D eigenvalue weighted by atomic mass is 10.0. The fourth-order valence-electron chi connectivity index (χ4n) is 5.43. The second-order valence-electron chi connectivity index (χ2n) is 11.8. The van der Waals surface area contributed by atoms with E-state index in [0.717, 1.165) is 17.7 Å². The third-order valence-electron chi connectivity index (χ3n) is 8.42. The number of nitrogens with zero attached hydrogens (tertiary/aromatic N) is 2. The summed E-state index contributed by atoms with van der Waals surface area (Å²) in [4.78, 5) is 27.1. The number of Topliss-reactive ketones (excluding diaryl/α,β-unsaturated/α-hetero) is 1. The first-order valence-corrected chi connectivity index (χ1v) is 16.9. The zero-order valence-electron chi connectivity index (χ0n) is 26.3. The van der Waals surface area contributed by atoms with Crippen LogP contribution in [0.1, 0.15) is 43.1 Å². The Labute approximate surface area is 270 Å². The quantitative estimate of drug-likeness (QED) is 0.251. The van der Waals surface area contributed by atoms with Crippen molar-refractivity contribution in [2.45, 2.75) is 56.8 Å². The van der Waals surface area contributed by atoms with Crippen LogP contribution < -0.4 is 19.7 Å². The number of aliphatic hydroxyl groups is 1. The maximum Gasteiger partial charge on any atom is 0.251 e. The number of fused-ring (bicyclic) bond motifs is 1. The molecule has 2 N–H and O–H groups in total. The summed E-state index contributed by atoms with van der Waals surface area (Å²) in [6.45, 7) is 5.85. The van der Waals surface area contributed by atoms with Crippen LogP contribution in [0.3, 0.4) is 0 Å². The van der Waals surface area contributed by atoms with Crippen molar-refractivity contribution >= 4 is 27.4 Å². The molecule has 2 heterocycles. The molecule has 0 saturated carbocycles. The first kappa shape index (κ1) is 33.4. The lowest BCUT2D eigenvalue weighted by molar-refractivity contribution is -0.131. The minimum atomic E-state index is -4.05. The number of amides is 1. The summed E-state index contributed by atoms with van der Waals surface area (Å²) in [6.07, 6.45) is -1.04. The number of anilines is 1. The van der Waals surface area contributed by atoms with Crippen molar-refractivity contribution in [3.05, 3.63) is 83.9 Å². The summed E-state index contributed by atoms with van der Waals surface area (Å²) >= 11 is 0. The van der Waals surface area contributed by atoms with Crippen LogP contribution in [-0.2, 0) is 26.0 Å². The average molecular weight is 652 g/mol. The lowest BCUT2D eigenvalue weighted by Crippen LogP contribution is -2.53. The molecule has 11 nitrogen and oxygen atoms in total. The number of hydrogen-bond donors (Lipinski definition) is 2. The Morgan fingerprint density at radius 3 is 2.43 bits per heavy atom. The second kappa shape index (κ2) is 14.6. The largest absolute Gasteiger partial charge is 0.454 e. The number of benzene rings is 3. The first-order chi connectivity index (χ1) is 22.0. The van der Waals surface area contributed by atoms with Crippen LogP contribution in [0.4, 0.5) is 5.69 Å². The molecule has 12 heteroatoms. The van der Waals surface area contributed by atoms with E-state index in [-0.39, 0.29) is 56.2 Å². The molecule has 2 aliphatic heterocycles. The molecular weight excluding hydrogens is 610 g/mol. The summed E-state index contributed by atoms with van der Waals surface area (Å²) in [5.41, 5.74) is 2.29. The van der Waals surface area contributed by atoms with E-state index in [2.05, 4.69) is 5.32 Å². The smallest absolute Gasteiger partial charge is 0.251 e. The van der Waals surface area contributed by atoms with Gasteiger partial charge in [0.15, 0.2) is 23.4 Å². The van der Waals surface area contributed by atoms with Gasteiger partial charge >= 0.3 is 0 Å². The predicted molar refractivity (Wildman–Crippen MR) is 172 cm³/mol. The van der Waals surface area contributed by atoms with Crippen molar-refractivity contribution in [3.8, 4) is 11.5 Å². The van der Waals surface area contributed by atoms with Gasteiger partial charge in [-0.1, -0.05) is 50.6 Å². The first-order valence-electron chi connectivity index (χ1n) is 15.4. The highest BCUT2D eigenvalue weighted by molar-refractivity contribution is 7.89. The third kappa shape index (κ3) is 7.87. The van der Waals surface area contributed by atoms with Crippen molar-refractivity contribution in [1.82, 2.24) is 9.62 Å². The molecule has 3 aromatic carbocycles. The van der Waals surface area contributed by atoms with Crippen molar-refractivity contribution in [3.63, 3.8) is 0 Å². The van der Waals surface area contributed by atoms with E-state index in [1.165, 1.54) is 23.4 Å². The summed E-state index contributed by atoms with van der Waals surface area (Å²) in [5.74, 6) is 0.394. The van der Waals surface area contributed by atoms with Gasteiger partial charge in [-0.3, -0.25) is 9.59 Å². The molecule has 4 atom stereocenters. The Kier molecular flexibility index (Phi) is 10.6. The van der Waals surface area contributed by atoms with Crippen LogP contribution in [-0.4, -0.2) is 80.9 Å². The van der Waals surface area contributed by atoms with Crippen LogP contribution in [0.2, 0.25) is 0 Å². The van der Waals surface area contributed by atoms with Gasteiger partial charge in [-0.15, -0.1) is 0 Å². The Balaban J connectivity index is 1.33. The third-order valence-corrected chi connectivity index (χ3v) is 10.3. The van der Waals surface area contributed by atoms with Crippen LogP contribution in [0.15, 0.2) is 77.7 Å². The van der Waals surface area contributed by atoms with Crippen molar-refractivity contribution < 1.29 is 37.3 Å². The van der Waals surface area contributed by atoms with Gasteiger partial charge in [-0.2, -0.15) is 4.31 Å². The SMILES string of the molecule is CC[C@H](C)CN(C[C@@H](O)[C@H](Cc1ccccc1)NC(=O)[C@@H]1CN(c2ccc(C(C)=O)cc2)CO1)S(=O)(=O)c1ccc2c(c1)OCO2. The number of carbonyl (C=O) groups is 2. The topological polar surface area (TPSA) is 135 Å². The summed E-state index contributed by atoms with van der Waals surface area (Å²) in [6, 6.07) is 20.2. The molecule has 3 aromatic rings. The van der Waals surface area contributed by atoms with E-state index in [1.54, 1.807) is 18.2 Å². The molecule has 2 aliphatic rings. The minimum Gasteiger partial charge on any atom is -0.454 e. The highest BCUT2D eigenvalue weighted by Gasteiger charge is 2.35. The van der Waals surface area contributed by atoms with Gasteiger partial charge in [0.1, 0.15) is 6.73 Å². The Bertz CT molecular complexity index is 1620. The van der Waals surface area contributed by atoms with Gasteiger partial charge in [0.2, 0.25) is 16.8 Å². The highest BCUT2D eigenvalue weighted by Crippen LogP contribution is 2.35. The molecule has 0 aliphatic carbocycles. The van der Waals surface area contributed by atoms with Crippen LogP contribution in [0.5, 0.6) is 11.5 Å². The predicted octanol–water partition coefficient (Wildman–Crippen LogP) is 3.61.